The minimum atomic E-state index is -3.86. The Labute approximate surface area is 208 Å². The second-order valence-electron chi connectivity index (χ2n) is 8.26. The molecule has 0 saturated carbocycles. The molecule has 0 saturated heterocycles. The number of benzene rings is 3. The molecule has 36 heavy (non-hydrogen) atoms. The van der Waals surface area contributed by atoms with Crippen molar-refractivity contribution in [3.05, 3.63) is 112 Å². The third-order valence-corrected chi connectivity index (χ3v) is 6.79. The van der Waals surface area contributed by atoms with Crippen LogP contribution < -0.4 is 15.6 Å². The van der Waals surface area contributed by atoms with Crippen molar-refractivity contribution < 1.29 is 13.2 Å². The summed E-state index contributed by atoms with van der Waals surface area (Å²) in [7, 11) is -3.86. The Morgan fingerprint density at radius 1 is 0.889 bits per heavy atom. The van der Waals surface area contributed by atoms with Gasteiger partial charge >= 0.3 is 0 Å². The average molecular weight is 504 g/mol. The van der Waals surface area contributed by atoms with E-state index in [1.807, 2.05) is 24.3 Å². The van der Waals surface area contributed by atoms with Crippen molar-refractivity contribution in [2.24, 2.45) is 5.11 Å². The minimum Gasteiger partial charge on any atom is -0.350 e. The molecule has 0 aliphatic carbocycles. The molecule has 1 amide bonds. The fraction of sp³-hybridized carbons (Fsp3) is 0.154. The SMILES string of the molecule is N=NCc1ccc(CNC(=O)Cn2c(=O)c(NS(=O)(=O)Cc3ccccc3)cc3ccccc32)cc1. The number of para-hydroxylation sites is 1. The topological polar surface area (TPSA) is 133 Å². The van der Waals surface area contributed by atoms with Gasteiger partial charge in [0.05, 0.1) is 17.8 Å². The lowest BCUT2D eigenvalue weighted by Gasteiger charge is -2.14. The molecule has 4 rings (SSSR count). The van der Waals surface area contributed by atoms with Gasteiger partial charge in [-0.1, -0.05) is 72.8 Å². The standard InChI is InChI=1S/C26H25N5O4S/c27-29-16-20-12-10-19(11-13-20)15-28-25(32)17-31-24-9-5-4-8-22(24)14-23(26(31)33)30-36(34,35)18-21-6-2-1-3-7-21/h1-14,27,30H,15-18H2,(H,28,32). The monoisotopic (exact) mass is 503 g/mol. The molecule has 0 spiro atoms. The van der Waals surface area contributed by atoms with E-state index in [4.69, 9.17) is 5.53 Å². The molecular formula is C26H25N5O4S. The van der Waals surface area contributed by atoms with Gasteiger partial charge in [0.1, 0.15) is 12.2 Å². The van der Waals surface area contributed by atoms with Crippen molar-refractivity contribution >= 4 is 32.5 Å². The molecule has 0 unspecified atom stereocenters. The summed E-state index contributed by atoms with van der Waals surface area (Å²) in [5, 5.41) is 6.76. The molecule has 0 radical (unpaired) electrons. The Morgan fingerprint density at radius 3 is 2.28 bits per heavy atom. The molecule has 0 atom stereocenters. The summed E-state index contributed by atoms with van der Waals surface area (Å²) >= 11 is 0. The number of carbonyl (C=O) groups is 1. The van der Waals surface area contributed by atoms with Crippen molar-refractivity contribution in [2.45, 2.75) is 25.4 Å². The van der Waals surface area contributed by atoms with Gasteiger partial charge in [0.25, 0.3) is 5.56 Å². The van der Waals surface area contributed by atoms with Gasteiger partial charge in [-0.05, 0) is 28.8 Å². The Bertz CT molecular complexity index is 1550. The van der Waals surface area contributed by atoms with Crippen LogP contribution in [0.3, 0.4) is 0 Å². The van der Waals surface area contributed by atoms with Crippen LogP contribution in [0.5, 0.6) is 0 Å². The van der Waals surface area contributed by atoms with Gasteiger partial charge in [0.15, 0.2) is 0 Å². The van der Waals surface area contributed by atoms with Crippen LogP contribution >= 0.6 is 0 Å². The fourth-order valence-electron chi connectivity index (χ4n) is 3.81. The van der Waals surface area contributed by atoms with Crippen LogP contribution in [0.15, 0.2) is 94.8 Å². The van der Waals surface area contributed by atoms with Crippen LogP contribution in [0, 0.1) is 5.53 Å². The van der Waals surface area contributed by atoms with E-state index in [0.29, 0.717) is 23.0 Å². The zero-order valence-electron chi connectivity index (χ0n) is 19.3. The Kier molecular flexibility index (Phi) is 7.55. The van der Waals surface area contributed by atoms with Crippen molar-refractivity contribution in [1.82, 2.24) is 9.88 Å². The summed E-state index contributed by atoms with van der Waals surface area (Å²) < 4.78 is 29.2. The number of fused-ring (bicyclic) bond motifs is 1. The van der Waals surface area contributed by atoms with Gasteiger partial charge in [-0.2, -0.15) is 5.11 Å². The van der Waals surface area contributed by atoms with Crippen molar-refractivity contribution in [1.29, 1.82) is 5.53 Å². The zero-order valence-corrected chi connectivity index (χ0v) is 20.2. The van der Waals surface area contributed by atoms with Crippen LogP contribution in [-0.4, -0.2) is 18.9 Å². The van der Waals surface area contributed by atoms with Gasteiger partial charge < -0.3 is 5.32 Å². The molecule has 184 valence electrons. The predicted octanol–water partition coefficient (Wildman–Crippen LogP) is 3.79. The van der Waals surface area contributed by atoms with Crippen LogP contribution in [0.25, 0.3) is 10.9 Å². The molecule has 4 aromatic rings. The van der Waals surface area contributed by atoms with Crippen LogP contribution in [-0.2, 0) is 40.2 Å². The van der Waals surface area contributed by atoms with Crippen LogP contribution in [0.4, 0.5) is 5.69 Å². The van der Waals surface area contributed by atoms with Gasteiger partial charge in [-0.3, -0.25) is 18.9 Å². The molecule has 3 aromatic carbocycles. The Hall–Kier alpha value is -4.31. The zero-order chi connectivity index (χ0) is 25.5. The lowest BCUT2D eigenvalue weighted by molar-refractivity contribution is -0.121. The summed E-state index contributed by atoms with van der Waals surface area (Å²) in [5.41, 5.74) is 9.07. The number of pyridine rings is 1. The smallest absolute Gasteiger partial charge is 0.275 e. The van der Waals surface area contributed by atoms with E-state index in [-0.39, 0.29) is 24.5 Å². The first-order valence-corrected chi connectivity index (χ1v) is 12.8. The molecule has 3 N–H and O–H groups in total. The highest BCUT2D eigenvalue weighted by molar-refractivity contribution is 7.91. The number of aromatic nitrogens is 1. The number of sulfonamides is 1. The molecule has 0 aliphatic heterocycles. The molecule has 10 heteroatoms. The van der Waals surface area contributed by atoms with Gasteiger partial charge in [-0.25, -0.2) is 13.9 Å². The van der Waals surface area contributed by atoms with E-state index in [0.717, 1.165) is 11.1 Å². The largest absolute Gasteiger partial charge is 0.350 e. The van der Waals surface area contributed by atoms with E-state index in [1.165, 1.54) is 10.6 Å². The van der Waals surface area contributed by atoms with E-state index in [1.54, 1.807) is 54.6 Å². The molecule has 0 fully saturated rings. The number of hydrogen-bond donors (Lipinski definition) is 3. The maximum atomic E-state index is 13.3. The summed E-state index contributed by atoms with van der Waals surface area (Å²) in [6.45, 7) is 0.282. The van der Waals surface area contributed by atoms with Crippen LogP contribution in [0.1, 0.15) is 16.7 Å². The number of anilines is 1. The highest BCUT2D eigenvalue weighted by Crippen LogP contribution is 2.18. The fourth-order valence-corrected chi connectivity index (χ4v) is 4.99. The first kappa shape index (κ1) is 24.8. The Balaban J connectivity index is 1.54. The minimum absolute atomic E-state index is 0.118. The summed E-state index contributed by atoms with van der Waals surface area (Å²) in [6, 6.07) is 24.5. The third kappa shape index (κ3) is 6.22. The van der Waals surface area contributed by atoms with E-state index < -0.39 is 21.5 Å². The number of amides is 1. The van der Waals surface area contributed by atoms with Gasteiger partial charge in [-0.15, -0.1) is 0 Å². The van der Waals surface area contributed by atoms with E-state index in [2.05, 4.69) is 15.2 Å². The van der Waals surface area contributed by atoms with Crippen molar-refractivity contribution in [3.8, 4) is 0 Å². The first-order valence-electron chi connectivity index (χ1n) is 11.2. The lowest BCUT2D eigenvalue weighted by Crippen LogP contribution is -2.33. The predicted molar refractivity (Wildman–Crippen MR) is 138 cm³/mol. The Morgan fingerprint density at radius 2 is 1.56 bits per heavy atom. The number of rotatable bonds is 10. The first-order chi connectivity index (χ1) is 17.3. The van der Waals surface area contributed by atoms with Crippen molar-refractivity contribution in [3.63, 3.8) is 0 Å². The molecule has 1 heterocycles. The number of hydrogen-bond acceptors (Lipinski definition) is 6. The lowest BCUT2D eigenvalue weighted by atomic mass is 10.1. The highest BCUT2D eigenvalue weighted by Gasteiger charge is 2.18. The van der Waals surface area contributed by atoms with Gasteiger partial charge in [0.2, 0.25) is 15.9 Å². The summed E-state index contributed by atoms with van der Waals surface area (Å²) in [4.78, 5) is 26.0. The molecule has 0 bridgehead atoms. The molecule has 1 aromatic heterocycles. The number of carbonyl (C=O) groups excluding carboxylic acids is 1. The van der Waals surface area contributed by atoms with Gasteiger partial charge in [0, 0.05) is 11.9 Å². The highest BCUT2D eigenvalue weighted by atomic mass is 32.2. The van der Waals surface area contributed by atoms with E-state index >= 15 is 0 Å². The normalized spacial score (nSPS) is 11.2. The quantitative estimate of drug-likeness (QED) is 0.284. The second-order valence-corrected chi connectivity index (χ2v) is 9.99. The molecular weight excluding hydrogens is 478 g/mol. The molecule has 0 aliphatic rings. The van der Waals surface area contributed by atoms with E-state index in [9.17, 15) is 18.0 Å². The maximum absolute atomic E-state index is 13.3. The third-order valence-electron chi connectivity index (χ3n) is 5.54. The number of nitrogens with one attached hydrogen (secondary N) is 3. The summed E-state index contributed by atoms with van der Waals surface area (Å²) in [6.07, 6.45) is 0. The summed E-state index contributed by atoms with van der Waals surface area (Å²) in [5.74, 6) is -0.674. The van der Waals surface area contributed by atoms with Crippen LogP contribution in [0.2, 0.25) is 0 Å². The van der Waals surface area contributed by atoms with Crippen molar-refractivity contribution in [2.75, 3.05) is 4.72 Å². The second kappa shape index (κ2) is 11.0. The molecule has 9 nitrogen and oxygen atoms in total. The number of nitrogens with zero attached hydrogens (tertiary/aromatic N) is 2. The average Bonchev–Trinajstić information content (AvgIpc) is 2.86. The maximum Gasteiger partial charge on any atom is 0.275 e.